The number of likely N-dealkylation sites (tertiary alicyclic amines) is 1. The minimum atomic E-state index is -0.374. The average Bonchev–Trinajstić information content (AvgIpc) is 2.36. The second kappa shape index (κ2) is 6.06. The largest absolute Gasteiger partial charge is 0.387 e. The van der Waals surface area contributed by atoms with Crippen LogP contribution in [0, 0.1) is 18.8 Å². The van der Waals surface area contributed by atoms with Crippen LogP contribution in [0.15, 0.2) is 24.3 Å². The maximum Gasteiger partial charge on any atom is 0.0917 e. The molecule has 1 N–H and O–H groups in total. The molecule has 0 bridgehead atoms. The Kier molecular flexibility index (Phi) is 4.64. The molecule has 1 aliphatic rings. The number of hydrogen-bond donors (Lipinski definition) is 1. The molecular formula is C17H27NO. The highest BCUT2D eigenvalue weighted by Gasteiger charge is 2.29. The van der Waals surface area contributed by atoms with Gasteiger partial charge in [0.1, 0.15) is 0 Å². The van der Waals surface area contributed by atoms with E-state index in [-0.39, 0.29) is 6.10 Å². The zero-order valence-corrected chi connectivity index (χ0v) is 12.6. The van der Waals surface area contributed by atoms with Gasteiger partial charge in [-0.2, -0.15) is 0 Å². The molecule has 1 aromatic rings. The topological polar surface area (TPSA) is 23.5 Å². The molecule has 19 heavy (non-hydrogen) atoms. The van der Waals surface area contributed by atoms with Crippen LogP contribution in [0.3, 0.4) is 0 Å². The van der Waals surface area contributed by atoms with Gasteiger partial charge in [0.25, 0.3) is 0 Å². The lowest BCUT2D eigenvalue weighted by Crippen LogP contribution is -2.47. The molecule has 0 amide bonds. The summed E-state index contributed by atoms with van der Waals surface area (Å²) in [6, 6.07) is 8.80. The quantitative estimate of drug-likeness (QED) is 0.901. The summed E-state index contributed by atoms with van der Waals surface area (Å²) in [5.41, 5.74) is 2.27. The molecule has 1 aromatic carbocycles. The molecule has 106 valence electrons. The van der Waals surface area contributed by atoms with E-state index in [0.717, 1.165) is 24.6 Å². The van der Waals surface area contributed by atoms with E-state index < -0.39 is 0 Å². The third-order valence-electron chi connectivity index (χ3n) is 4.59. The van der Waals surface area contributed by atoms with Crippen molar-refractivity contribution < 1.29 is 5.11 Å². The predicted molar refractivity (Wildman–Crippen MR) is 80.1 cm³/mol. The Morgan fingerprint density at radius 3 is 2.47 bits per heavy atom. The fraction of sp³-hybridized carbons (Fsp3) is 0.647. The molecule has 0 aromatic heterocycles. The minimum absolute atomic E-state index is 0.374. The van der Waals surface area contributed by atoms with Crippen LogP contribution in [0.25, 0.3) is 0 Å². The van der Waals surface area contributed by atoms with Crippen molar-refractivity contribution in [3.05, 3.63) is 35.4 Å². The van der Waals surface area contributed by atoms with E-state index in [1.165, 1.54) is 12.0 Å². The first kappa shape index (κ1) is 14.5. The van der Waals surface area contributed by atoms with E-state index in [0.29, 0.717) is 12.0 Å². The van der Waals surface area contributed by atoms with Crippen LogP contribution >= 0.6 is 0 Å². The number of aliphatic hydroxyl groups is 1. The molecule has 1 heterocycles. The molecule has 0 aliphatic carbocycles. The van der Waals surface area contributed by atoms with Gasteiger partial charge in [0.2, 0.25) is 0 Å². The standard InChI is InChI=1S/C17H27NO/c1-12-5-7-16(8-6-12)17(19)11-18-10-13(2)9-14(3)15(18)4/h5-8,13-15,17,19H,9-11H2,1-4H3. The van der Waals surface area contributed by atoms with E-state index >= 15 is 0 Å². The van der Waals surface area contributed by atoms with Crippen LogP contribution in [0.5, 0.6) is 0 Å². The second-order valence-electron chi connectivity index (χ2n) is 6.44. The van der Waals surface area contributed by atoms with E-state index in [1.54, 1.807) is 0 Å². The number of piperidine rings is 1. The highest BCUT2D eigenvalue weighted by atomic mass is 16.3. The van der Waals surface area contributed by atoms with Crippen molar-refractivity contribution in [1.29, 1.82) is 0 Å². The molecule has 0 radical (unpaired) electrons. The van der Waals surface area contributed by atoms with Crippen LogP contribution in [0.4, 0.5) is 0 Å². The zero-order valence-electron chi connectivity index (χ0n) is 12.6. The average molecular weight is 261 g/mol. The molecule has 0 saturated carbocycles. The highest BCUT2D eigenvalue weighted by molar-refractivity contribution is 5.23. The van der Waals surface area contributed by atoms with Crippen molar-refractivity contribution in [1.82, 2.24) is 4.90 Å². The second-order valence-corrected chi connectivity index (χ2v) is 6.44. The maximum atomic E-state index is 10.4. The van der Waals surface area contributed by atoms with Crippen LogP contribution in [0.1, 0.15) is 44.4 Å². The molecular weight excluding hydrogens is 234 g/mol. The summed E-state index contributed by atoms with van der Waals surface area (Å²) in [6.45, 7) is 10.9. The number of hydrogen-bond acceptors (Lipinski definition) is 2. The van der Waals surface area contributed by atoms with Crippen molar-refractivity contribution in [3.63, 3.8) is 0 Å². The number of aliphatic hydroxyl groups excluding tert-OH is 1. The number of β-amino-alcohol motifs (C(OH)–C–C–N with tert-alkyl or cyclic N) is 1. The number of aryl methyl sites for hydroxylation is 1. The van der Waals surface area contributed by atoms with Gasteiger partial charge in [-0.15, -0.1) is 0 Å². The fourth-order valence-corrected chi connectivity index (χ4v) is 3.19. The number of rotatable bonds is 3. The molecule has 4 unspecified atom stereocenters. The molecule has 1 aliphatic heterocycles. The molecule has 2 heteroatoms. The van der Waals surface area contributed by atoms with Crippen molar-refractivity contribution in [2.75, 3.05) is 13.1 Å². The van der Waals surface area contributed by atoms with Gasteiger partial charge in [-0.1, -0.05) is 43.7 Å². The number of nitrogens with zero attached hydrogens (tertiary/aromatic N) is 1. The normalized spacial score (nSPS) is 30.3. The van der Waals surface area contributed by atoms with Gasteiger partial charge < -0.3 is 5.11 Å². The van der Waals surface area contributed by atoms with E-state index in [9.17, 15) is 5.11 Å². The van der Waals surface area contributed by atoms with E-state index in [4.69, 9.17) is 0 Å². The SMILES string of the molecule is Cc1ccc(C(O)CN2CC(C)CC(C)C2C)cc1. The van der Waals surface area contributed by atoms with Crippen LogP contribution in [0.2, 0.25) is 0 Å². The van der Waals surface area contributed by atoms with Gasteiger partial charge >= 0.3 is 0 Å². The minimum Gasteiger partial charge on any atom is -0.387 e. The summed E-state index contributed by atoms with van der Waals surface area (Å²) in [6.07, 6.45) is 0.929. The predicted octanol–water partition coefficient (Wildman–Crippen LogP) is 3.39. The summed E-state index contributed by atoms with van der Waals surface area (Å²) in [4.78, 5) is 2.45. The Labute approximate surface area is 117 Å². The van der Waals surface area contributed by atoms with Crippen molar-refractivity contribution in [2.45, 2.75) is 46.3 Å². The van der Waals surface area contributed by atoms with Gasteiger partial charge in [0.05, 0.1) is 6.10 Å². The van der Waals surface area contributed by atoms with Crippen LogP contribution < -0.4 is 0 Å². The van der Waals surface area contributed by atoms with Gasteiger partial charge in [0, 0.05) is 19.1 Å². The van der Waals surface area contributed by atoms with Crippen LogP contribution in [-0.4, -0.2) is 29.1 Å². The lowest BCUT2D eigenvalue weighted by Gasteiger charge is -2.42. The van der Waals surface area contributed by atoms with Gasteiger partial charge in [0.15, 0.2) is 0 Å². The molecule has 2 rings (SSSR count). The third-order valence-corrected chi connectivity index (χ3v) is 4.59. The number of benzene rings is 1. The smallest absolute Gasteiger partial charge is 0.0917 e. The van der Waals surface area contributed by atoms with E-state index in [2.05, 4.69) is 44.7 Å². The monoisotopic (exact) mass is 261 g/mol. The third kappa shape index (κ3) is 3.58. The van der Waals surface area contributed by atoms with Crippen molar-refractivity contribution >= 4 is 0 Å². The highest BCUT2D eigenvalue weighted by Crippen LogP contribution is 2.28. The molecule has 1 saturated heterocycles. The Balaban J connectivity index is 2.01. The first-order chi connectivity index (χ1) is 8.97. The summed E-state index contributed by atoms with van der Waals surface area (Å²) < 4.78 is 0. The Morgan fingerprint density at radius 2 is 1.84 bits per heavy atom. The summed E-state index contributed by atoms with van der Waals surface area (Å²) in [5, 5.41) is 10.4. The van der Waals surface area contributed by atoms with Crippen LogP contribution in [-0.2, 0) is 0 Å². The lowest BCUT2D eigenvalue weighted by molar-refractivity contribution is 0.0316. The van der Waals surface area contributed by atoms with Gasteiger partial charge in [-0.25, -0.2) is 0 Å². The van der Waals surface area contributed by atoms with Crippen molar-refractivity contribution in [3.8, 4) is 0 Å². The molecule has 0 spiro atoms. The van der Waals surface area contributed by atoms with Crippen molar-refractivity contribution in [2.24, 2.45) is 11.8 Å². The Hall–Kier alpha value is -0.860. The fourth-order valence-electron chi connectivity index (χ4n) is 3.19. The molecule has 1 fully saturated rings. The lowest BCUT2D eigenvalue weighted by atomic mass is 9.85. The molecule has 4 atom stereocenters. The maximum absolute atomic E-state index is 10.4. The van der Waals surface area contributed by atoms with Gasteiger partial charge in [-0.05, 0) is 37.7 Å². The van der Waals surface area contributed by atoms with E-state index in [1.807, 2.05) is 12.1 Å². The zero-order chi connectivity index (χ0) is 14.0. The summed E-state index contributed by atoms with van der Waals surface area (Å²) in [5.74, 6) is 1.45. The molecule has 2 nitrogen and oxygen atoms in total. The summed E-state index contributed by atoms with van der Waals surface area (Å²) in [7, 11) is 0. The Morgan fingerprint density at radius 1 is 1.21 bits per heavy atom. The Bertz CT molecular complexity index is 400. The van der Waals surface area contributed by atoms with Gasteiger partial charge in [-0.3, -0.25) is 4.90 Å². The first-order valence-corrected chi connectivity index (χ1v) is 7.46. The summed E-state index contributed by atoms with van der Waals surface area (Å²) >= 11 is 0. The first-order valence-electron chi connectivity index (χ1n) is 7.46.